The van der Waals surface area contributed by atoms with E-state index in [2.05, 4.69) is 23.9 Å². The van der Waals surface area contributed by atoms with Crippen molar-refractivity contribution in [1.29, 1.82) is 0 Å². The molecule has 0 aromatic carbocycles. The zero-order chi connectivity index (χ0) is 17.6. The molecule has 0 heterocycles. The van der Waals surface area contributed by atoms with E-state index >= 15 is 0 Å². The Kier molecular flexibility index (Phi) is 2.98. The number of hydrogen-bond donors (Lipinski definition) is 0. The molecular formula is C20H25N3O2. The van der Waals surface area contributed by atoms with Crippen LogP contribution in [0.15, 0.2) is 16.8 Å². The molecule has 0 N–H and O–H groups in total. The van der Waals surface area contributed by atoms with Crippen molar-refractivity contribution in [2.24, 2.45) is 45.5 Å². The Bertz CT molecular complexity index is 767. The summed E-state index contributed by atoms with van der Waals surface area (Å²) in [4.78, 5) is 28.0. The van der Waals surface area contributed by atoms with Crippen molar-refractivity contribution in [1.82, 2.24) is 0 Å². The van der Waals surface area contributed by atoms with Crippen molar-refractivity contribution in [2.75, 3.05) is 0 Å². The maximum Gasteiger partial charge on any atom is 0.159 e. The summed E-state index contributed by atoms with van der Waals surface area (Å²) in [6.45, 7) is 4.50. The van der Waals surface area contributed by atoms with Gasteiger partial charge in [-0.05, 0) is 72.8 Å². The quantitative estimate of drug-likeness (QED) is 0.407. The molecule has 5 heteroatoms. The summed E-state index contributed by atoms with van der Waals surface area (Å²) in [6.07, 6.45) is 7.38. The molecule has 5 nitrogen and oxygen atoms in total. The SMILES string of the molecule is C[C@]12CC[C@H]3[C@@H](C[C@@H](N=[N+]=[N-])C4=CC(=O)[C@H]5CC5[C@@]43C)[C@@H]1CCC2=O. The maximum atomic E-state index is 12.6. The van der Waals surface area contributed by atoms with Crippen molar-refractivity contribution in [2.45, 2.75) is 58.4 Å². The fourth-order valence-corrected chi connectivity index (χ4v) is 7.43. The van der Waals surface area contributed by atoms with Crippen LogP contribution in [0.25, 0.3) is 10.4 Å². The Hall–Kier alpha value is -1.61. The molecule has 0 aromatic rings. The molecular weight excluding hydrogens is 314 g/mol. The number of ketones is 2. The van der Waals surface area contributed by atoms with Crippen LogP contribution in [0.5, 0.6) is 0 Å². The molecule has 0 saturated heterocycles. The van der Waals surface area contributed by atoms with Gasteiger partial charge in [0.25, 0.3) is 0 Å². The van der Waals surface area contributed by atoms with Gasteiger partial charge in [0.2, 0.25) is 0 Å². The second kappa shape index (κ2) is 4.76. The molecule has 5 rings (SSSR count). The van der Waals surface area contributed by atoms with Gasteiger partial charge in [-0.15, -0.1) is 0 Å². The summed E-state index contributed by atoms with van der Waals surface area (Å²) < 4.78 is 0. The lowest BCUT2D eigenvalue weighted by molar-refractivity contribution is -0.133. The highest BCUT2D eigenvalue weighted by molar-refractivity contribution is 5.96. The summed E-state index contributed by atoms with van der Waals surface area (Å²) in [7, 11) is 0. The smallest absolute Gasteiger partial charge is 0.159 e. The van der Waals surface area contributed by atoms with Gasteiger partial charge in [-0.25, -0.2) is 0 Å². The van der Waals surface area contributed by atoms with Crippen LogP contribution in [-0.4, -0.2) is 17.6 Å². The first kappa shape index (κ1) is 15.6. The zero-order valence-corrected chi connectivity index (χ0v) is 14.9. The minimum Gasteiger partial charge on any atom is -0.299 e. The molecule has 5 aliphatic rings. The molecule has 1 unspecified atom stereocenters. The predicted octanol–water partition coefficient (Wildman–Crippen LogP) is 4.23. The molecule has 0 spiro atoms. The number of rotatable bonds is 1. The van der Waals surface area contributed by atoms with Crippen molar-refractivity contribution >= 4 is 11.6 Å². The third-order valence-electron chi connectivity index (χ3n) is 8.81. The van der Waals surface area contributed by atoms with Crippen LogP contribution in [0.1, 0.15) is 52.4 Å². The lowest BCUT2D eigenvalue weighted by Crippen LogP contribution is -2.54. The number of Topliss-reactive ketones (excluding diaryl/α,β-unsaturated/α-hetero) is 1. The lowest BCUT2D eigenvalue weighted by atomic mass is 9.46. The number of nitrogens with zero attached hydrogens (tertiary/aromatic N) is 3. The van der Waals surface area contributed by atoms with Crippen LogP contribution in [-0.2, 0) is 9.59 Å². The summed E-state index contributed by atoms with van der Waals surface area (Å²) >= 11 is 0. The molecule has 8 atom stereocenters. The number of azide groups is 1. The van der Waals surface area contributed by atoms with Crippen molar-refractivity contribution < 1.29 is 9.59 Å². The first-order valence-corrected chi connectivity index (χ1v) is 9.74. The van der Waals surface area contributed by atoms with E-state index in [1.165, 1.54) is 0 Å². The highest BCUT2D eigenvalue weighted by Gasteiger charge is 2.67. The molecule has 0 radical (unpaired) electrons. The maximum absolute atomic E-state index is 12.6. The Morgan fingerprint density at radius 1 is 1.16 bits per heavy atom. The molecule has 0 bridgehead atoms. The van der Waals surface area contributed by atoms with E-state index in [1.54, 1.807) is 0 Å². The van der Waals surface area contributed by atoms with Gasteiger partial charge in [-0.1, -0.05) is 24.5 Å². The summed E-state index contributed by atoms with van der Waals surface area (Å²) in [5.74, 6) is 2.68. The van der Waals surface area contributed by atoms with Crippen LogP contribution in [0.2, 0.25) is 0 Å². The summed E-state index contributed by atoms with van der Waals surface area (Å²) in [6, 6.07) is -0.209. The number of carbonyl (C=O) groups is 2. The molecule has 132 valence electrons. The normalized spacial score (nSPS) is 53.0. The first-order valence-electron chi connectivity index (χ1n) is 9.74. The van der Waals surface area contributed by atoms with Gasteiger partial charge < -0.3 is 0 Å². The van der Waals surface area contributed by atoms with E-state index in [9.17, 15) is 9.59 Å². The lowest BCUT2D eigenvalue weighted by Gasteiger charge is -2.58. The van der Waals surface area contributed by atoms with E-state index in [4.69, 9.17) is 5.53 Å². The predicted molar refractivity (Wildman–Crippen MR) is 92.4 cm³/mol. The third-order valence-corrected chi connectivity index (χ3v) is 8.81. The van der Waals surface area contributed by atoms with Crippen molar-refractivity contribution in [3.05, 3.63) is 22.1 Å². The van der Waals surface area contributed by atoms with Crippen LogP contribution in [0.3, 0.4) is 0 Å². The van der Waals surface area contributed by atoms with Crippen molar-refractivity contribution in [3.8, 4) is 0 Å². The second-order valence-corrected chi connectivity index (χ2v) is 9.48. The van der Waals surface area contributed by atoms with Crippen LogP contribution in [0.4, 0.5) is 0 Å². The Balaban J connectivity index is 1.62. The van der Waals surface area contributed by atoms with Crippen LogP contribution >= 0.6 is 0 Å². The number of hydrogen-bond acceptors (Lipinski definition) is 3. The van der Waals surface area contributed by atoms with Gasteiger partial charge in [-0.2, -0.15) is 0 Å². The number of fused-ring (bicyclic) bond motifs is 7. The van der Waals surface area contributed by atoms with E-state index < -0.39 is 0 Å². The molecule has 4 fully saturated rings. The van der Waals surface area contributed by atoms with Gasteiger partial charge in [0, 0.05) is 22.7 Å². The van der Waals surface area contributed by atoms with Gasteiger partial charge in [0.1, 0.15) is 5.78 Å². The standard InChI is InChI=1S/C20H25N3O2/c1-19-6-5-13-10(12(19)3-4-18(19)25)8-16(22-23-21)15-9-17(24)11-7-14(11)20(13,15)2/h9-14,16H,3-8H2,1-2H3/t10-,11-,12-,13-,14?,16+,19-,20-/m0/s1. The fraction of sp³-hybridized carbons (Fsp3) is 0.800. The second-order valence-electron chi connectivity index (χ2n) is 9.48. The van der Waals surface area contributed by atoms with E-state index in [1.807, 2.05) is 6.08 Å². The Morgan fingerprint density at radius 3 is 2.72 bits per heavy atom. The fourth-order valence-electron chi connectivity index (χ4n) is 7.43. The average molecular weight is 339 g/mol. The van der Waals surface area contributed by atoms with E-state index in [0.29, 0.717) is 35.9 Å². The highest BCUT2D eigenvalue weighted by Crippen LogP contribution is 2.70. The third kappa shape index (κ3) is 1.78. The minimum atomic E-state index is -0.209. The molecule has 0 aliphatic heterocycles. The van der Waals surface area contributed by atoms with Gasteiger partial charge in [-0.3, -0.25) is 9.59 Å². The first-order chi connectivity index (χ1) is 11.9. The van der Waals surface area contributed by atoms with Gasteiger partial charge in [0.15, 0.2) is 5.78 Å². The molecule has 5 aliphatic carbocycles. The monoisotopic (exact) mass is 339 g/mol. The topological polar surface area (TPSA) is 82.9 Å². The zero-order valence-electron chi connectivity index (χ0n) is 14.9. The summed E-state index contributed by atoms with van der Waals surface area (Å²) in [5.41, 5.74) is 10.0. The van der Waals surface area contributed by atoms with E-state index in [-0.39, 0.29) is 28.6 Å². The van der Waals surface area contributed by atoms with Crippen molar-refractivity contribution in [3.63, 3.8) is 0 Å². The molecule has 25 heavy (non-hydrogen) atoms. The van der Waals surface area contributed by atoms with Gasteiger partial charge in [0.05, 0.1) is 6.04 Å². The van der Waals surface area contributed by atoms with Gasteiger partial charge >= 0.3 is 0 Å². The summed E-state index contributed by atoms with van der Waals surface area (Å²) in [5, 5.41) is 4.12. The Labute approximate surface area is 147 Å². The molecule has 0 aromatic heterocycles. The highest BCUT2D eigenvalue weighted by atomic mass is 16.1. The largest absolute Gasteiger partial charge is 0.299 e. The number of carbonyl (C=O) groups excluding carboxylic acids is 2. The molecule has 4 saturated carbocycles. The van der Waals surface area contributed by atoms with E-state index in [0.717, 1.165) is 37.7 Å². The Morgan fingerprint density at radius 2 is 1.96 bits per heavy atom. The molecule has 0 amide bonds. The average Bonchev–Trinajstić information content (AvgIpc) is 3.33. The van der Waals surface area contributed by atoms with Crippen LogP contribution in [0, 0.1) is 40.4 Å². The minimum absolute atomic E-state index is 0.0205. The van der Waals surface area contributed by atoms with Crippen LogP contribution < -0.4 is 0 Å².